The van der Waals surface area contributed by atoms with Gasteiger partial charge in [-0.15, -0.1) is 0 Å². The highest BCUT2D eigenvalue weighted by atomic mass is 19.2. The van der Waals surface area contributed by atoms with Gasteiger partial charge in [0.25, 0.3) is 5.91 Å². The van der Waals surface area contributed by atoms with Crippen molar-refractivity contribution in [1.82, 2.24) is 4.98 Å². The average Bonchev–Trinajstić information content (AvgIpc) is 2.73. The molecule has 3 rings (SSSR count). The summed E-state index contributed by atoms with van der Waals surface area (Å²) in [4.78, 5) is 18.7. The largest absolute Gasteiger partial charge is 0.372 e. The second-order valence-electron chi connectivity index (χ2n) is 6.36. The molecule has 29 heavy (non-hydrogen) atoms. The van der Waals surface area contributed by atoms with Crippen molar-refractivity contribution in [1.29, 1.82) is 0 Å². The van der Waals surface area contributed by atoms with Crippen molar-refractivity contribution in [2.24, 2.45) is 0 Å². The van der Waals surface area contributed by atoms with Crippen LogP contribution in [0.25, 0.3) is 0 Å². The molecule has 0 atom stereocenters. The van der Waals surface area contributed by atoms with Crippen molar-refractivity contribution in [2.75, 3.05) is 28.6 Å². The van der Waals surface area contributed by atoms with E-state index in [2.05, 4.69) is 34.4 Å². The van der Waals surface area contributed by atoms with Crippen molar-refractivity contribution in [3.63, 3.8) is 0 Å². The number of carbonyl (C=O) groups is 1. The van der Waals surface area contributed by atoms with E-state index in [1.807, 2.05) is 24.3 Å². The molecule has 3 aromatic rings. The molecule has 1 heterocycles. The van der Waals surface area contributed by atoms with Gasteiger partial charge in [-0.2, -0.15) is 0 Å². The smallest absolute Gasteiger partial charge is 0.274 e. The summed E-state index contributed by atoms with van der Waals surface area (Å²) in [5.74, 6) is -2.52. The monoisotopic (exact) mass is 396 g/mol. The molecule has 0 aliphatic rings. The lowest BCUT2D eigenvalue weighted by atomic mass is 10.2. The maximum atomic E-state index is 13.3. The quantitative estimate of drug-likeness (QED) is 0.576. The number of nitrogens with zero attached hydrogens (tertiary/aromatic N) is 2. The Kier molecular flexibility index (Phi) is 6.39. The molecule has 0 saturated carbocycles. The average molecular weight is 396 g/mol. The second-order valence-corrected chi connectivity index (χ2v) is 6.36. The van der Waals surface area contributed by atoms with Gasteiger partial charge in [0.05, 0.1) is 0 Å². The Morgan fingerprint density at radius 3 is 2.24 bits per heavy atom. The summed E-state index contributed by atoms with van der Waals surface area (Å²) in [6, 6.07) is 14.5. The van der Waals surface area contributed by atoms with E-state index in [1.54, 1.807) is 12.1 Å². The van der Waals surface area contributed by atoms with Crippen LogP contribution >= 0.6 is 0 Å². The number of carbonyl (C=O) groups excluding carboxylic acids is 1. The van der Waals surface area contributed by atoms with Crippen LogP contribution in [0.5, 0.6) is 0 Å². The van der Waals surface area contributed by atoms with Crippen LogP contribution in [0.2, 0.25) is 0 Å². The Morgan fingerprint density at radius 1 is 0.897 bits per heavy atom. The number of benzene rings is 2. The van der Waals surface area contributed by atoms with E-state index in [-0.39, 0.29) is 11.4 Å². The minimum absolute atomic E-state index is 0.152. The molecule has 0 aliphatic carbocycles. The fourth-order valence-corrected chi connectivity index (χ4v) is 2.91. The highest BCUT2D eigenvalue weighted by molar-refractivity contribution is 6.03. The van der Waals surface area contributed by atoms with Crippen LogP contribution in [0.15, 0.2) is 60.8 Å². The van der Waals surface area contributed by atoms with Gasteiger partial charge in [-0.3, -0.25) is 9.78 Å². The third-order valence-electron chi connectivity index (χ3n) is 4.45. The fraction of sp³-hybridized carbons (Fsp3) is 0.182. The molecule has 1 amide bonds. The van der Waals surface area contributed by atoms with E-state index in [9.17, 15) is 13.6 Å². The number of amides is 1. The van der Waals surface area contributed by atoms with Gasteiger partial charge in [0.15, 0.2) is 11.6 Å². The first-order valence-corrected chi connectivity index (χ1v) is 9.34. The van der Waals surface area contributed by atoms with E-state index in [4.69, 9.17) is 0 Å². The maximum absolute atomic E-state index is 13.3. The molecule has 0 saturated heterocycles. The molecule has 0 aliphatic heterocycles. The standard InChI is InChI=1S/C22H22F2N4O/c1-3-28(4-2)18-8-5-15(6-9-18)26-17-11-12-25-21(14-17)22(29)27-16-7-10-19(23)20(24)13-16/h5-14H,3-4H2,1-2H3,(H,25,26)(H,27,29). The van der Waals surface area contributed by atoms with Gasteiger partial charge in [-0.25, -0.2) is 8.78 Å². The van der Waals surface area contributed by atoms with Gasteiger partial charge in [0.2, 0.25) is 0 Å². The van der Waals surface area contributed by atoms with E-state index >= 15 is 0 Å². The van der Waals surface area contributed by atoms with E-state index in [0.717, 1.165) is 36.6 Å². The predicted octanol–water partition coefficient (Wildman–Crippen LogP) is 5.20. The van der Waals surface area contributed by atoms with Crippen molar-refractivity contribution in [2.45, 2.75) is 13.8 Å². The Hall–Kier alpha value is -3.48. The third kappa shape index (κ3) is 5.07. The van der Waals surface area contributed by atoms with Gasteiger partial charge in [-0.1, -0.05) is 0 Å². The predicted molar refractivity (Wildman–Crippen MR) is 112 cm³/mol. The molecule has 0 unspecified atom stereocenters. The van der Waals surface area contributed by atoms with Crippen LogP contribution in [0, 0.1) is 11.6 Å². The maximum Gasteiger partial charge on any atom is 0.274 e. The van der Waals surface area contributed by atoms with Crippen LogP contribution in [-0.4, -0.2) is 24.0 Å². The first kappa shape index (κ1) is 20.3. The number of hydrogen-bond donors (Lipinski definition) is 2. The minimum atomic E-state index is -1.03. The Labute approximate surface area is 168 Å². The zero-order chi connectivity index (χ0) is 20.8. The van der Waals surface area contributed by atoms with Crippen LogP contribution in [0.3, 0.4) is 0 Å². The lowest BCUT2D eigenvalue weighted by molar-refractivity contribution is 0.102. The van der Waals surface area contributed by atoms with Gasteiger partial charge >= 0.3 is 0 Å². The second kappa shape index (κ2) is 9.14. The molecule has 7 heteroatoms. The fourth-order valence-electron chi connectivity index (χ4n) is 2.91. The van der Waals surface area contributed by atoms with E-state index in [1.165, 1.54) is 12.3 Å². The van der Waals surface area contributed by atoms with Gasteiger partial charge < -0.3 is 15.5 Å². The van der Waals surface area contributed by atoms with Gasteiger partial charge in [0.1, 0.15) is 5.69 Å². The lowest BCUT2D eigenvalue weighted by Crippen LogP contribution is -2.21. The summed E-state index contributed by atoms with van der Waals surface area (Å²) >= 11 is 0. The van der Waals surface area contributed by atoms with Crippen LogP contribution in [-0.2, 0) is 0 Å². The lowest BCUT2D eigenvalue weighted by Gasteiger charge is -2.21. The Balaban J connectivity index is 1.70. The van der Waals surface area contributed by atoms with Gasteiger partial charge in [-0.05, 0) is 62.4 Å². The van der Waals surface area contributed by atoms with E-state index in [0.29, 0.717) is 5.69 Å². The Bertz CT molecular complexity index is 988. The van der Waals surface area contributed by atoms with Crippen molar-refractivity contribution < 1.29 is 13.6 Å². The number of hydrogen-bond acceptors (Lipinski definition) is 4. The Morgan fingerprint density at radius 2 is 1.59 bits per heavy atom. The van der Waals surface area contributed by atoms with Crippen LogP contribution < -0.4 is 15.5 Å². The molecule has 0 fully saturated rings. The summed E-state index contributed by atoms with van der Waals surface area (Å²) < 4.78 is 26.3. The molecule has 5 nitrogen and oxygen atoms in total. The van der Waals surface area contributed by atoms with Crippen molar-refractivity contribution in [3.05, 3.63) is 78.1 Å². The SMILES string of the molecule is CCN(CC)c1ccc(Nc2ccnc(C(=O)Nc3ccc(F)c(F)c3)c2)cc1. The van der Waals surface area contributed by atoms with Crippen molar-refractivity contribution >= 4 is 28.7 Å². The summed E-state index contributed by atoms with van der Waals surface area (Å²) in [6.07, 6.45) is 1.51. The normalized spacial score (nSPS) is 10.5. The summed E-state index contributed by atoms with van der Waals surface area (Å²) in [5.41, 5.74) is 3.01. The third-order valence-corrected chi connectivity index (χ3v) is 4.45. The number of anilines is 4. The molecule has 2 N–H and O–H groups in total. The molecule has 2 aromatic carbocycles. The molecular formula is C22H22F2N4O. The first-order chi connectivity index (χ1) is 14.0. The summed E-state index contributed by atoms with van der Waals surface area (Å²) in [5, 5.41) is 5.74. The minimum Gasteiger partial charge on any atom is -0.372 e. The number of aromatic nitrogens is 1. The zero-order valence-corrected chi connectivity index (χ0v) is 16.2. The molecule has 0 bridgehead atoms. The highest BCUT2D eigenvalue weighted by Crippen LogP contribution is 2.22. The summed E-state index contributed by atoms with van der Waals surface area (Å²) in [6.45, 7) is 6.09. The van der Waals surface area contributed by atoms with Gasteiger partial charge in [0, 0.05) is 48.1 Å². The first-order valence-electron chi connectivity index (χ1n) is 9.34. The van der Waals surface area contributed by atoms with E-state index < -0.39 is 17.5 Å². The summed E-state index contributed by atoms with van der Waals surface area (Å²) in [7, 11) is 0. The molecular weight excluding hydrogens is 374 g/mol. The zero-order valence-electron chi connectivity index (χ0n) is 16.2. The van der Waals surface area contributed by atoms with Crippen LogP contribution in [0.4, 0.5) is 31.5 Å². The van der Waals surface area contributed by atoms with Crippen LogP contribution in [0.1, 0.15) is 24.3 Å². The van der Waals surface area contributed by atoms with Crippen molar-refractivity contribution in [3.8, 4) is 0 Å². The highest BCUT2D eigenvalue weighted by Gasteiger charge is 2.11. The number of pyridine rings is 1. The molecule has 0 spiro atoms. The molecule has 150 valence electrons. The topological polar surface area (TPSA) is 57.3 Å². The molecule has 0 radical (unpaired) electrons. The molecule has 1 aromatic heterocycles. The number of halogens is 2. The number of rotatable bonds is 7. The number of nitrogens with one attached hydrogen (secondary N) is 2.